The zero-order chi connectivity index (χ0) is 47.2. The van der Waals surface area contributed by atoms with E-state index in [2.05, 4.69) is 21.1 Å². The molecule has 0 aromatic rings. The van der Waals surface area contributed by atoms with Crippen LogP contribution in [0.5, 0.6) is 0 Å². The normalized spacial score (nSPS) is 44.5. The molecule has 0 radical (unpaired) electrons. The first-order valence-corrected chi connectivity index (χ1v) is 22.9. The third-order valence-corrected chi connectivity index (χ3v) is 14.3. The number of hydrogen-bond donors (Lipinski definition) is 2. The van der Waals surface area contributed by atoms with Crippen molar-refractivity contribution in [2.75, 3.05) is 49.6 Å². The van der Waals surface area contributed by atoms with E-state index >= 15 is 0 Å². The van der Waals surface area contributed by atoms with Gasteiger partial charge in [0.05, 0.1) is 74.5 Å². The number of hydrogen-bond acceptors (Lipinski definition) is 14. The van der Waals surface area contributed by atoms with E-state index in [0.717, 1.165) is 6.42 Å². The Hall–Kier alpha value is -2.28. The van der Waals surface area contributed by atoms with E-state index in [1.54, 1.807) is 49.2 Å². The van der Waals surface area contributed by atoms with E-state index < -0.39 is 108 Å². The van der Waals surface area contributed by atoms with Gasteiger partial charge < -0.3 is 62.2 Å². The first-order valence-electron chi connectivity index (χ1n) is 22.9. The van der Waals surface area contributed by atoms with Crippen LogP contribution in [-0.4, -0.2) is 166 Å². The average molecular weight is 896 g/mol. The molecule has 0 unspecified atom stereocenters. The van der Waals surface area contributed by atoms with E-state index in [4.69, 9.17) is 52.6 Å². The second-order valence-electron chi connectivity index (χ2n) is 20.0. The van der Waals surface area contributed by atoms with Gasteiger partial charge in [0.15, 0.2) is 24.8 Å². The van der Waals surface area contributed by atoms with Gasteiger partial charge in [0.1, 0.15) is 23.9 Å². The van der Waals surface area contributed by atoms with E-state index in [0.29, 0.717) is 23.0 Å². The van der Waals surface area contributed by atoms with Crippen molar-refractivity contribution in [2.45, 2.75) is 185 Å². The third kappa shape index (κ3) is 12.2. The molecule has 0 aromatic heterocycles. The lowest BCUT2D eigenvalue weighted by Gasteiger charge is -2.51. The van der Waals surface area contributed by atoms with Crippen LogP contribution < -0.4 is 0 Å². The van der Waals surface area contributed by atoms with Crippen molar-refractivity contribution in [3.8, 4) is 0 Å². The Balaban J connectivity index is 1.94. The van der Waals surface area contributed by atoms with Crippen LogP contribution in [0.1, 0.15) is 94.9 Å². The molecule has 63 heavy (non-hydrogen) atoms. The molecule has 3 aliphatic heterocycles. The zero-order valence-electron chi connectivity index (χ0n) is 41.3. The number of quaternary nitrogens is 1. The Morgan fingerprint density at radius 3 is 1.95 bits per heavy atom. The number of rotatable bonds is 12. The molecule has 362 valence electrons. The molecule has 3 saturated heterocycles. The quantitative estimate of drug-likeness (QED) is 0.139. The number of carbonyl (C=O) groups excluding carboxylic acids is 1. The highest BCUT2D eigenvalue weighted by Gasteiger charge is 2.55. The monoisotopic (exact) mass is 896 g/mol. The maximum Gasteiger partial charge on any atom is 0.311 e. The number of aliphatic hydroxyl groups is 2. The van der Waals surface area contributed by atoms with Gasteiger partial charge >= 0.3 is 5.97 Å². The Kier molecular flexibility index (Phi) is 18.6. The predicted molar refractivity (Wildman–Crippen MR) is 240 cm³/mol. The van der Waals surface area contributed by atoms with Crippen LogP contribution in [0, 0.1) is 23.7 Å². The molecule has 1 aliphatic carbocycles. The molecule has 4 rings (SSSR count). The number of methoxy groups -OCH3 is 4. The molecule has 3 heterocycles. The van der Waals surface area contributed by atoms with Gasteiger partial charge in [-0.15, -0.1) is 0 Å². The number of cyclic esters (lactones) is 1. The summed E-state index contributed by atoms with van der Waals surface area (Å²) in [6.07, 6.45) is 4.94. The van der Waals surface area contributed by atoms with Gasteiger partial charge in [0.25, 0.3) is 0 Å². The van der Waals surface area contributed by atoms with Crippen LogP contribution in [0.4, 0.5) is 0 Å². The number of nitrogens with zero attached hydrogens (tertiary/aromatic N) is 2. The molecule has 0 spiro atoms. The lowest BCUT2D eigenvalue weighted by atomic mass is 9.73. The number of allylic oxidation sites excluding steroid dienone is 4. The standard InChI is InChI=1S/C48H83N2O13/c1-18-36-48(10,53)41(51)30(4)38(49-63-34-23-21-19-20-22-24-34)28(2)26-46(8,56-16)42(62-45-40(54-14)35(50(11,12)13)25-29(3)58-45)31(5)39(32(6)44(52)60-36)61-37-27-47(9,57-17)43(55-15)33(7)59-37/h19-24,28-37,39-43,45,51,53H,18,25-27H2,1-17H3/q+1/b49-38+/t28-,29+,30-,31-,32+,33-,35-,36+,37-,39-,40+,41+,42+,43-,45-,46+,47+,48+/m0/s1. The highest BCUT2D eigenvalue weighted by molar-refractivity contribution is 5.89. The second-order valence-corrected chi connectivity index (χ2v) is 20.0. The first-order chi connectivity index (χ1) is 29.4. The Morgan fingerprint density at radius 1 is 0.810 bits per heavy atom. The van der Waals surface area contributed by atoms with Crippen LogP contribution in [0.3, 0.4) is 0 Å². The highest BCUT2D eigenvalue weighted by Crippen LogP contribution is 2.43. The van der Waals surface area contributed by atoms with Crippen LogP contribution in [0.15, 0.2) is 41.6 Å². The average Bonchev–Trinajstić information content (AvgIpc) is 3.50. The van der Waals surface area contributed by atoms with Crippen LogP contribution in [0.25, 0.3) is 0 Å². The van der Waals surface area contributed by atoms with Crippen molar-refractivity contribution >= 4 is 11.7 Å². The number of aliphatic hydroxyl groups excluding tert-OH is 1. The summed E-state index contributed by atoms with van der Waals surface area (Å²) in [6.45, 7) is 18.7. The van der Waals surface area contributed by atoms with Crippen LogP contribution >= 0.6 is 0 Å². The van der Waals surface area contributed by atoms with E-state index in [-0.39, 0.29) is 18.6 Å². The zero-order valence-corrected chi connectivity index (χ0v) is 41.3. The summed E-state index contributed by atoms with van der Waals surface area (Å²) >= 11 is 0. The Morgan fingerprint density at radius 2 is 1.41 bits per heavy atom. The Bertz CT molecular complexity index is 1580. The molecule has 0 saturated carbocycles. The minimum atomic E-state index is -1.90. The summed E-state index contributed by atoms with van der Waals surface area (Å²) in [6, 6.07) is 0.0168. The molecule has 18 atom stereocenters. The smallest absolute Gasteiger partial charge is 0.311 e. The first kappa shape index (κ1) is 53.3. The number of carbonyl (C=O) groups is 1. The van der Waals surface area contributed by atoms with Crippen molar-refractivity contribution < 1.29 is 67.0 Å². The van der Waals surface area contributed by atoms with Gasteiger partial charge in [-0.3, -0.25) is 4.79 Å². The SMILES string of the molecule is CC[C@H]1OC(=O)[C@H](C)[C@@H](O[C@H]2C[C@@](C)(OC)[C@@H](OC)[C@H](C)O2)[C@H](C)[C@@H](O[C@@H]2O[C@H](C)C[C@H]([N+](C)(C)C)[C@H]2OC)[C@](C)(OC)C[C@H](C)/C(=N\OC2C=CC=CC=C2)[C@H](C)[C@@H](O)[C@]1(C)O. The van der Waals surface area contributed by atoms with Gasteiger partial charge in [0.2, 0.25) is 0 Å². The number of ether oxygens (including phenoxy) is 9. The molecule has 15 heteroatoms. The fraction of sp³-hybridized carbons (Fsp3) is 0.833. The second kappa shape index (κ2) is 22.0. The molecule has 0 bridgehead atoms. The van der Waals surface area contributed by atoms with Gasteiger partial charge in [-0.25, -0.2) is 0 Å². The molecular formula is C48H83N2O13+. The fourth-order valence-electron chi connectivity index (χ4n) is 10.4. The Labute approximate surface area is 378 Å². The van der Waals surface area contributed by atoms with E-state index in [1.807, 2.05) is 78.0 Å². The van der Waals surface area contributed by atoms with Gasteiger partial charge in [-0.2, -0.15) is 0 Å². The minimum absolute atomic E-state index is 0.0168. The molecule has 0 aromatic carbocycles. The number of esters is 1. The molecular weight excluding hydrogens is 813 g/mol. The minimum Gasteiger partial charge on any atom is -0.459 e. The summed E-state index contributed by atoms with van der Waals surface area (Å²) in [5.41, 5.74) is -3.35. The van der Waals surface area contributed by atoms with Crippen molar-refractivity contribution in [1.29, 1.82) is 0 Å². The summed E-state index contributed by atoms with van der Waals surface area (Å²) in [5.74, 6) is -3.38. The lowest BCUT2D eigenvalue weighted by molar-refractivity contribution is -0.903. The summed E-state index contributed by atoms with van der Waals surface area (Å²) in [4.78, 5) is 20.8. The maximum absolute atomic E-state index is 14.7. The van der Waals surface area contributed by atoms with Crippen molar-refractivity contribution in [3.63, 3.8) is 0 Å². The molecule has 4 aliphatic rings. The molecule has 0 amide bonds. The van der Waals surface area contributed by atoms with Gasteiger partial charge in [-0.1, -0.05) is 57.2 Å². The molecule has 15 nitrogen and oxygen atoms in total. The summed E-state index contributed by atoms with van der Waals surface area (Å²) < 4.78 is 59.1. The molecule has 3 fully saturated rings. The highest BCUT2D eigenvalue weighted by atomic mass is 16.7. The van der Waals surface area contributed by atoms with E-state index in [1.165, 1.54) is 6.92 Å². The number of oxime groups is 1. The summed E-state index contributed by atoms with van der Waals surface area (Å²) in [5, 5.41) is 29.1. The van der Waals surface area contributed by atoms with Crippen molar-refractivity contribution in [3.05, 3.63) is 36.5 Å². The van der Waals surface area contributed by atoms with Crippen molar-refractivity contribution in [1.82, 2.24) is 0 Å². The lowest BCUT2D eigenvalue weighted by Crippen LogP contribution is -2.64. The van der Waals surface area contributed by atoms with Crippen molar-refractivity contribution in [2.24, 2.45) is 28.8 Å². The maximum atomic E-state index is 14.7. The van der Waals surface area contributed by atoms with E-state index in [9.17, 15) is 15.0 Å². The molecule has 2 N–H and O–H groups in total. The van der Waals surface area contributed by atoms with Crippen LogP contribution in [0.2, 0.25) is 0 Å². The summed E-state index contributed by atoms with van der Waals surface area (Å²) in [7, 11) is 13.0. The van der Waals surface area contributed by atoms with Gasteiger partial charge in [-0.05, 0) is 66.5 Å². The largest absolute Gasteiger partial charge is 0.459 e. The fourth-order valence-corrected chi connectivity index (χ4v) is 10.4. The predicted octanol–water partition coefficient (Wildman–Crippen LogP) is 5.75. The topological polar surface area (TPSA) is 162 Å². The van der Waals surface area contributed by atoms with Gasteiger partial charge in [0, 0.05) is 59.0 Å². The third-order valence-electron chi connectivity index (χ3n) is 14.3. The number of likely N-dealkylation sites (N-methyl/N-ethyl adjacent to an activating group) is 1. The van der Waals surface area contributed by atoms with Crippen LogP contribution in [-0.2, 0) is 52.3 Å².